The van der Waals surface area contributed by atoms with Gasteiger partial charge in [0.1, 0.15) is 13.2 Å². The molecule has 0 saturated heterocycles. The molecule has 0 saturated carbocycles. The molecule has 0 amide bonds. The fourth-order valence-corrected chi connectivity index (χ4v) is 7.99. The van der Waals surface area contributed by atoms with Gasteiger partial charge < -0.3 is 14.2 Å². The molecule has 0 radical (unpaired) electrons. The lowest BCUT2D eigenvalue weighted by Crippen LogP contribution is -2.30. The van der Waals surface area contributed by atoms with Gasteiger partial charge in [-0.25, -0.2) is 0 Å². The molecule has 0 aromatic carbocycles. The maximum atomic E-state index is 12.8. The summed E-state index contributed by atoms with van der Waals surface area (Å²) < 4.78 is 16.8. The van der Waals surface area contributed by atoms with Crippen molar-refractivity contribution in [2.75, 3.05) is 13.2 Å². The second-order valence-electron chi connectivity index (χ2n) is 19.1. The van der Waals surface area contributed by atoms with E-state index in [4.69, 9.17) is 14.2 Å². The molecule has 350 valence electrons. The number of carbonyl (C=O) groups excluding carboxylic acids is 3. The average Bonchev–Trinajstić information content (AvgIpc) is 3.20. The van der Waals surface area contributed by atoms with Gasteiger partial charge in [-0.2, -0.15) is 0 Å². The molecule has 0 bridgehead atoms. The fraction of sp³-hybridized carbons (Fsp3) is 0.943. The summed E-state index contributed by atoms with van der Waals surface area (Å²) in [6.07, 6.45) is 46.7. The summed E-state index contributed by atoms with van der Waals surface area (Å²) in [4.78, 5) is 37.9. The van der Waals surface area contributed by atoms with Crippen LogP contribution in [0.1, 0.15) is 291 Å². The molecule has 0 aromatic rings. The smallest absolute Gasteiger partial charge is 0.306 e. The van der Waals surface area contributed by atoms with Crippen molar-refractivity contribution < 1.29 is 28.6 Å². The minimum atomic E-state index is -0.762. The molecule has 0 aliphatic rings. The zero-order valence-corrected chi connectivity index (χ0v) is 40.4. The number of unbranched alkanes of at least 4 members (excludes halogenated alkanes) is 32. The van der Waals surface area contributed by atoms with Crippen LogP contribution in [0.25, 0.3) is 0 Å². The van der Waals surface area contributed by atoms with Crippen molar-refractivity contribution in [3.63, 3.8) is 0 Å². The number of esters is 3. The van der Waals surface area contributed by atoms with Crippen LogP contribution in [0.15, 0.2) is 0 Å². The highest BCUT2D eigenvalue weighted by atomic mass is 16.6. The highest BCUT2D eigenvalue weighted by molar-refractivity contribution is 5.71. The molecule has 0 fully saturated rings. The largest absolute Gasteiger partial charge is 0.462 e. The van der Waals surface area contributed by atoms with Crippen molar-refractivity contribution in [1.29, 1.82) is 0 Å². The molecule has 0 spiro atoms. The molecule has 0 aromatic heterocycles. The second-order valence-corrected chi connectivity index (χ2v) is 19.1. The average molecular weight is 835 g/mol. The van der Waals surface area contributed by atoms with Gasteiger partial charge in [-0.1, -0.05) is 253 Å². The SMILES string of the molecule is CCCCCCCCCCCCCCCCCCCCC(=O)OC[C@H](COC(=O)CCCCCCCCCC(C)C)OC(=O)CCCCCCCCCCCCC(C)C. The Morgan fingerprint density at radius 1 is 0.322 bits per heavy atom. The Morgan fingerprint density at radius 3 is 0.831 bits per heavy atom. The van der Waals surface area contributed by atoms with Gasteiger partial charge in [0, 0.05) is 19.3 Å². The first-order chi connectivity index (χ1) is 28.7. The van der Waals surface area contributed by atoms with Crippen LogP contribution in [0.3, 0.4) is 0 Å². The molecule has 0 unspecified atom stereocenters. The molecule has 6 nitrogen and oxygen atoms in total. The van der Waals surface area contributed by atoms with E-state index in [1.807, 2.05) is 0 Å². The quantitative estimate of drug-likeness (QED) is 0.0345. The first-order valence-corrected chi connectivity index (χ1v) is 26.2. The standard InChI is InChI=1S/C53H102O6/c1-6-7-8-9-10-11-12-13-14-15-16-17-18-19-23-28-33-38-43-51(54)57-46-50(47-58-52(55)44-39-34-30-25-27-32-37-42-49(4)5)59-53(56)45-40-35-29-24-21-20-22-26-31-36-41-48(2)3/h48-50H,6-47H2,1-5H3/t50-/m1/s1. The maximum Gasteiger partial charge on any atom is 0.306 e. The molecule has 6 heteroatoms. The van der Waals surface area contributed by atoms with Crippen molar-refractivity contribution in [3.8, 4) is 0 Å². The van der Waals surface area contributed by atoms with Crippen LogP contribution in [0, 0.1) is 11.8 Å². The third-order valence-corrected chi connectivity index (χ3v) is 12.0. The van der Waals surface area contributed by atoms with Crippen LogP contribution >= 0.6 is 0 Å². The van der Waals surface area contributed by atoms with E-state index in [1.54, 1.807) is 0 Å². The molecule has 0 N–H and O–H groups in total. The molecule has 1 atom stereocenters. The van der Waals surface area contributed by atoms with E-state index in [9.17, 15) is 14.4 Å². The normalized spacial score (nSPS) is 12.1. The molecule has 0 aliphatic carbocycles. The van der Waals surface area contributed by atoms with Crippen molar-refractivity contribution in [3.05, 3.63) is 0 Å². The minimum absolute atomic E-state index is 0.0643. The first-order valence-electron chi connectivity index (χ1n) is 26.2. The Bertz CT molecular complexity index is 900. The lowest BCUT2D eigenvalue weighted by atomic mass is 10.0. The minimum Gasteiger partial charge on any atom is -0.462 e. The van der Waals surface area contributed by atoms with E-state index in [-0.39, 0.29) is 31.1 Å². The molecule has 59 heavy (non-hydrogen) atoms. The van der Waals surface area contributed by atoms with Gasteiger partial charge in [-0.05, 0) is 31.1 Å². The van der Waals surface area contributed by atoms with Gasteiger partial charge in [0.15, 0.2) is 6.10 Å². The summed E-state index contributed by atoms with van der Waals surface area (Å²) >= 11 is 0. The van der Waals surface area contributed by atoms with Crippen LogP contribution in [-0.2, 0) is 28.6 Å². The van der Waals surface area contributed by atoms with Crippen molar-refractivity contribution in [2.24, 2.45) is 11.8 Å². The summed E-state index contributed by atoms with van der Waals surface area (Å²) in [5.74, 6) is 0.746. The van der Waals surface area contributed by atoms with Gasteiger partial charge in [0.25, 0.3) is 0 Å². The van der Waals surface area contributed by atoms with Gasteiger partial charge in [-0.3, -0.25) is 14.4 Å². The second kappa shape index (κ2) is 45.9. The molecule has 0 rings (SSSR count). The highest BCUT2D eigenvalue weighted by Gasteiger charge is 2.19. The van der Waals surface area contributed by atoms with Gasteiger partial charge in [0.05, 0.1) is 0 Å². The number of rotatable bonds is 47. The summed E-state index contributed by atoms with van der Waals surface area (Å²) in [6, 6.07) is 0. The first kappa shape index (κ1) is 57.4. The summed E-state index contributed by atoms with van der Waals surface area (Å²) in [7, 11) is 0. The Balaban J connectivity index is 4.25. The molecular formula is C53H102O6. The topological polar surface area (TPSA) is 78.9 Å². The molecule has 0 aliphatic heterocycles. The Kier molecular flexibility index (Phi) is 44.7. The monoisotopic (exact) mass is 835 g/mol. The van der Waals surface area contributed by atoms with Crippen molar-refractivity contribution >= 4 is 17.9 Å². The molecular weight excluding hydrogens is 733 g/mol. The zero-order valence-electron chi connectivity index (χ0n) is 40.4. The van der Waals surface area contributed by atoms with E-state index in [2.05, 4.69) is 34.6 Å². The van der Waals surface area contributed by atoms with E-state index in [0.717, 1.165) is 69.6 Å². The van der Waals surface area contributed by atoms with Gasteiger partial charge >= 0.3 is 17.9 Å². The van der Waals surface area contributed by atoms with Crippen molar-refractivity contribution in [2.45, 2.75) is 298 Å². The number of hydrogen-bond donors (Lipinski definition) is 0. The number of carbonyl (C=O) groups is 3. The van der Waals surface area contributed by atoms with E-state index in [1.165, 1.54) is 180 Å². The van der Waals surface area contributed by atoms with Crippen LogP contribution in [-0.4, -0.2) is 37.2 Å². The lowest BCUT2D eigenvalue weighted by Gasteiger charge is -2.18. The predicted octanol–water partition coefficient (Wildman–Crippen LogP) is 16.9. The lowest BCUT2D eigenvalue weighted by molar-refractivity contribution is -0.167. The van der Waals surface area contributed by atoms with Crippen LogP contribution in [0.5, 0.6) is 0 Å². The van der Waals surface area contributed by atoms with Gasteiger partial charge in [-0.15, -0.1) is 0 Å². The zero-order chi connectivity index (χ0) is 43.3. The van der Waals surface area contributed by atoms with Crippen LogP contribution in [0.4, 0.5) is 0 Å². The van der Waals surface area contributed by atoms with Crippen LogP contribution < -0.4 is 0 Å². The predicted molar refractivity (Wildman–Crippen MR) is 252 cm³/mol. The third kappa shape index (κ3) is 47.3. The number of ether oxygens (including phenoxy) is 3. The van der Waals surface area contributed by atoms with Crippen LogP contribution in [0.2, 0.25) is 0 Å². The Morgan fingerprint density at radius 2 is 0.559 bits per heavy atom. The number of hydrogen-bond acceptors (Lipinski definition) is 6. The van der Waals surface area contributed by atoms with Gasteiger partial charge in [0.2, 0.25) is 0 Å². The summed E-state index contributed by atoms with van der Waals surface area (Å²) in [5.41, 5.74) is 0. The third-order valence-electron chi connectivity index (χ3n) is 12.0. The Labute approximate surface area is 368 Å². The maximum absolute atomic E-state index is 12.8. The summed E-state index contributed by atoms with van der Waals surface area (Å²) in [5, 5.41) is 0. The van der Waals surface area contributed by atoms with Crippen molar-refractivity contribution in [1.82, 2.24) is 0 Å². The highest BCUT2D eigenvalue weighted by Crippen LogP contribution is 2.17. The molecule has 0 heterocycles. The Hall–Kier alpha value is -1.59. The fourth-order valence-electron chi connectivity index (χ4n) is 7.99. The van der Waals surface area contributed by atoms with E-state index >= 15 is 0 Å². The van der Waals surface area contributed by atoms with E-state index in [0.29, 0.717) is 19.3 Å². The summed E-state index contributed by atoms with van der Waals surface area (Å²) in [6.45, 7) is 11.3. The van der Waals surface area contributed by atoms with E-state index < -0.39 is 6.10 Å².